The van der Waals surface area contributed by atoms with Crippen LogP contribution in [-0.2, 0) is 0 Å². The summed E-state index contributed by atoms with van der Waals surface area (Å²) in [5.41, 5.74) is 0. The minimum absolute atomic E-state index is 1.41. The Bertz CT molecular complexity index is 1450. The number of fused-ring (bicyclic) bond motifs is 7. The van der Waals surface area contributed by atoms with E-state index in [1.54, 1.807) is 8.79 Å². The van der Waals surface area contributed by atoms with Crippen molar-refractivity contribution in [2.75, 3.05) is 0 Å². The third kappa shape index (κ3) is 2.30. The summed E-state index contributed by atoms with van der Waals surface area (Å²) >= 11 is 0.816. The molecule has 0 N–H and O–H groups in total. The van der Waals surface area contributed by atoms with E-state index in [9.17, 15) is 0 Å². The second kappa shape index (κ2) is 6.67. The van der Waals surface area contributed by atoms with Crippen molar-refractivity contribution in [1.29, 1.82) is 0 Å². The zero-order valence-corrected chi connectivity index (χ0v) is 20.4. The normalized spacial score (nSPS) is 14.1. The number of hydrogen-bond acceptors (Lipinski definition) is 2. The standard InChI is InChI=1S/C28H18GeS2/c1-3-11-19(12-4-1)29(20-13-5-2-6-14-20)25-21-15-7-9-17-23(21)30-27(25)28-26(29)22-16-8-10-18-24(22)31-28/h1-18H. The fourth-order valence-corrected chi connectivity index (χ4v) is 21.9. The van der Waals surface area contributed by atoms with Gasteiger partial charge < -0.3 is 0 Å². The van der Waals surface area contributed by atoms with Gasteiger partial charge in [0.25, 0.3) is 0 Å². The van der Waals surface area contributed by atoms with Crippen LogP contribution in [0.25, 0.3) is 29.9 Å². The summed E-state index contributed by atoms with van der Waals surface area (Å²) in [6.45, 7) is 0. The van der Waals surface area contributed by atoms with E-state index in [0.717, 1.165) is 0 Å². The molecule has 4 aromatic carbocycles. The second-order valence-electron chi connectivity index (χ2n) is 8.09. The number of benzene rings is 4. The maximum atomic E-state index is 2.39. The first-order valence-electron chi connectivity index (χ1n) is 10.5. The van der Waals surface area contributed by atoms with Gasteiger partial charge in [-0.05, 0) is 0 Å². The van der Waals surface area contributed by atoms with E-state index in [4.69, 9.17) is 0 Å². The van der Waals surface area contributed by atoms with E-state index in [1.165, 1.54) is 38.7 Å². The Kier molecular flexibility index (Phi) is 3.86. The van der Waals surface area contributed by atoms with Crippen LogP contribution in [0.1, 0.15) is 0 Å². The van der Waals surface area contributed by atoms with Gasteiger partial charge in [0, 0.05) is 0 Å². The summed E-state index contributed by atoms with van der Waals surface area (Å²) in [6.07, 6.45) is 0. The predicted octanol–water partition coefficient (Wildman–Crippen LogP) is 5.47. The summed E-state index contributed by atoms with van der Waals surface area (Å²) in [5.74, 6) is 0. The van der Waals surface area contributed by atoms with E-state index in [0.29, 0.717) is 0 Å². The molecule has 0 bridgehead atoms. The molecule has 3 heterocycles. The summed E-state index contributed by atoms with van der Waals surface area (Å²) in [5, 5.41) is 2.92. The topological polar surface area (TPSA) is 0 Å². The van der Waals surface area contributed by atoms with Crippen molar-refractivity contribution >= 4 is 73.7 Å². The number of hydrogen-bond donors (Lipinski definition) is 0. The van der Waals surface area contributed by atoms with E-state index in [1.807, 2.05) is 22.7 Å². The molecule has 1 aliphatic heterocycles. The Balaban J connectivity index is 1.77. The van der Waals surface area contributed by atoms with Gasteiger partial charge in [-0.15, -0.1) is 0 Å². The van der Waals surface area contributed by atoms with Crippen LogP contribution >= 0.6 is 22.7 Å². The third-order valence-corrected chi connectivity index (χ3v) is 20.2. The van der Waals surface area contributed by atoms with Crippen molar-refractivity contribution in [2.45, 2.75) is 0 Å². The maximum absolute atomic E-state index is 3.17. The number of rotatable bonds is 2. The van der Waals surface area contributed by atoms with Crippen LogP contribution in [0, 0.1) is 0 Å². The van der Waals surface area contributed by atoms with Gasteiger partial charge in [0.15, 0.2) is 0 Å². The minimum atomic E-state index is -3.17. The molecule has 0 radical (unpaired) electrons. The average molecular weight is 491 g/mol. The summed E-state index contributed by atoms with van der Waals surface area (Å²) in [6, 6.07) is 40.9. The van der Waals surface area contributed by atoms with Gasteiger partial charge in [-0.25, -0.2) is 0 Å². The van der Waals surface area contributed by atoms with Crippen LogP contribution in [-0.4, -0.2) is 13.3 Å². The van der Waals surface area contributed by atoms with E-state index in [-0.39, 0.29) is 0 Å². The first-order chi connectivity index (χ1) is 15.4. The molecule has 6 aromatic rings. The molecule has 2 aromatic heterocycles. The van der Waals surface area contributed by atoms with Crippen molar-refractivity contribution in [1.82, 2.24) is 0 Å². The predicted molar refractivity (Wildman–Crippen MR) is 140 cm³/mol. The van der Waals surface area contributed by atoms with Gasteiger partial charge in [0.1, 0.15) is 0 Å². The Hall–Kier alpha value is -2.66. The van der Waals surface area contributed by atoms with Gasteiger partial charge >= 0.3 is 193 Å². The van der Waals surface area contributed by atoms with Crippen molar-refractivity contribution in [3.63, 3.8) is 0 Å². The molecule has 0 amide bonds. The molecule has 0 unspecified atom stereocenters. The summed E-state index contributed by atoms with van der Waals surface area (Å²) < 4.78 is 9.17. The Morgan fingerprint density at radius 1 is 0.419 bits per heavy atom. The fourth-order valence-electron chi connectivity index (χ4n) is 5.40. The summed E-state index contributed by atoms with van der Waals surface area (Å²) in [7, 11) is 0. The first-order valence-corrected chi connectivity index (χ1v) is 16.4. The monoisotopic (exact) mass is 492 g/mol. The van der Waals surface area contributed by atoms with E-state index in [2.05, 4.69) is 109 Å². The Morgan fingerprint density at radius 3 is 1.26 bits per heavy atom. The molecule has 1 aliphatic rings. The number of thiophene rings is 2. The molecule has 146 valence electrons. The molecule has 0 saturated heterocycles. The SMILES string of the molecule is c1cc[c]([Ge]2([c]3ccccc3)[c]3c(sc4ccccc34)-c3sc4ccccc4[c]32)cc1. The van der Waals surface area contributed by atoms with Gasteiger partial charge in [0.05, 0.1) is 0 Å². The first kappa shape index (κ1) is 18.0. The van der Waals surface area contributed by atoms with Crippen LogP contribution in [0.5, 0.6) is 0 Å². The van der Waals surface area contributed by atoms with Crippen molar-refractivity contribution in [3.05, 3.63) is 109 Å². The van der Waals surface area contributed by atoms with Gasteiger partial charge in [-0.1, -0.05) is 0 Å². The summed E-state index contributed by atoms with van der Waals surface area (Å²) in [4.78, 5) is 3.04. The van der Waals surface area contributed by atoms with Crippen LogP contribution in [0.15, 0.2) is 109 Å². The molecular formula is C28H18GeS2. The quantitative estimate of drug-likeness (QED) is 0.282. The molecule has 7 rings (SSSR count). The van der Waals surface area contributed by atoms with E-state index >= 15 is 0 Å². The van der Waals surface area contributed by atoms with Crippen molar-refractivity contribution < 1.29 is 0 Å². The van der Waals surface area contributed by atoms with Gasteiger partial charge in [-0.3, -0.25) is 0 Å². The fraction of sp³-hybridized carbons (Fsp3) is 0. The van der Waals surface area contributed by atoms with Crippen LogP contribution in [0.4, 0.5) is 0 Å². The average Bonchev–Trinajstić information content (AvgIpc) is 3.48. The van der Waals surface area contributed by atoms with E-state index < -0.39 is 13.3 Å². The zero-order chi connectivity index (χ0) is 20.4. The van der Waals surface area contributed by atoms with Crippen molar-refractivity contribution in [2.24, 2.45) is 0 Å². The van der Waals surface area contributed by atoms with Crippen LogP contribution < -0.4 is 17.6 Å². The second-order valence-corrected chi connectivity index (χ2v) is 17.9. The molecule has 0 saturated carbocycles. The van der Waals surface area contributed by atoms with Gasteiger partial charge in [-0.2, -0.15) is 0 Å². The van der Waals surface area contributed by atoms with Crippen LogP contribution in [0.2, 0.25) is 0 Å². The molecule has 0 fully saturated rings. The van der Waals surface area contributed by atoms with Crippen LogP contribution in [0.3, 0.4) is 0 Å². The Labute approximate surface area is 191 Å². The molecule has 0 atom stereocenters. The molecule has 0 nitrogen and oxygen atoms in total. The van der Waals surface area contributed by atoms with Crippen molar-refractivity contribution in [3.8, 4) is 9.75 Å². The molecule has 3 heteroatoms. The third-order valence-electron chi connectivity index (χ3n) is 6.56. The van der Waals surface area contributed by atoms with Gasteiger partial charge in [0.2, 0.25) is 0 Å². The molecule has 0 aliphatic carbocycles. The molecule has 31 heavy (non-hydrogen) atoms. The zero-order valence-electron chi connectivity index (χ0n) is 16.7. The molecule has 0 spiro atoms. The molecular weight excluding hydrogens is 473 g/mol. The Morgan fingerprint density at radius 2 is 0.806 bits per heavy atom.